The fraction of sp³-hybridized carbons (Fsp3) is 0.150. The first-order valence-corrected chi connectivity index (χ1v) is 8.17. The normalized spacial score (nSPS) is 11.0. The van der Waals surface area contributed by atoms with Crippen molar-refractivity contribution in [3.8, 4) is 11.4 Å². The third-order valence-electron chi connectivity index (χ3n) is 4.22. The lowest BCUT2D eigenvalue weighted by atomic mass is 10.2. The summed E-state index contributed by atoms with van der Waals surface area (Å²) in [6, 6.07) is 13.9. The van der Waals surface area contributed by atoms with E-state index in [1.807, 2.05) is 56.3 Å². The Morgan fingerprint density at radius 3 is 2.72 bits per heavy atom. The molecule has 4 aromatic rings. The second-order valence-corrected chi connectivity index (χ2v) is 5.95. The number of hydrogen-bond donors (Lipinski definition) is 1. The predicted molar refractivity (Wildman–Crippen MR) is 98.3 cm³/mol. The largest absolute Gasteiger partial charge is 0.459 e. The van der Waals surface area contributed by atoms with Crippen LogP contribution in [0.3, 0.4) is 0 Å². The highest BCUT2D eigenvalue weighted by Crippen LogP contribution is 2.23. The van der Waals surface area contributed by atoms with E-state index in [4.69, 9.17) is 4.42 Å². The average Bonchev–Trinajstić information content (AvgIpc) is 3.06. The van der Waals surface area contributed by atoms with Crippen LogP contribution in [0.15, 0.2) is 59.3 Å². The van der Waals surface area contributed by atoms with Crippen LogP contribution in [0.25, 0.3) is 22.4 Å². The Bertz CT molecular complexity index is 991. The first-order valence-electron chi connectivity index (χ1n) is 8.17. The number of pyridine rings is 1. The molecule has 0 saturated carbocycles. The molecule has 0 aliphatic heterocycles. The Kier molecular flexibility index (Phi) is 3.90. The third-order valence-corrected chi connectivity index (χ3v) is 4.22. The van der Waals surface area contributed by atoms with E-state index < -0.39 is 0 Å². The van der Waals surface area contributed by atoms with Crippen LogP contribution in [0, 0.1) is 13.8 Å². The molecule has 0 saturated heterocycles. The summed E-state index contributed by atoms with van der Waals surface area (Å²) in [5, 5.41) is 4.48. The van der Waals surface area contributed by atoms with Crippen molar-refractivity contribution in [2.24, 2.45) is 0 Å². The highest BCUT2D eigenvalue weighted by Gasteiger charge is 2.11. The first-order chi connectivity index (χ1) is 12.2. The maximum atomic E-state index is 5.86. The van der Waals surface area contributed by atoms with Gasteiger partial charge in [-0.2, -0.15) is 0 Å². The third kappa shape index (κ3) is 3.08. The van der Waals surface area contributed by atoms with Gasteiger partial charge in [-0.15, -0.1) is 0 Å². The van der Waals surface area contributed by atoms with Crippen molar-refractivity contribution in [1.82, 2.24) is 15.0 Å². The molecule has 3 aromatic heterocycles. The van der Waals surface area contributed by atoms with Crippen LogP contribution in [-0.4, -0.2) is 15.0 Å². The molecule has 5 nitrogen and oxygen atoms in total. The lowest BCUT2D eigenvalue weighted by Gasteiger charge is -2.11. The summed E-state index contributed by atoms with van der Waals surface area (Å²) >= 11 is 0. The van der Waals surface area contributed by atoms with Crippen LogP contribution in [-0.2, 0) is 6.54 Å². The zero-order valence-corrected chi connectivity index (χ0v) is 14.2. The smallest absolute Gasteiger partial charge is 0.163 e. The maximum absolute atomic E-state index is 5.86. The van der Waals surface area contributed by atoms with Gasteiger partial charge in [0.2, 0.25) is 0 Å². The second kappa shape index (κ2) is 6.36. The van der Waals surface area contributed by atoms with E-state index in [0.29, 0.717) is 12.4 Å². The second-order valence-electron chi connectivity index (χ2n) is 5.95. The van der Waals surface area contributed by atoms with E-state index in [-0.39, 0.29) is 0 Å². The SMILES string of the molecule is Cc1nc(-c2cccnc2)nc(NCc2cc3ccccc3o2)c1C. The van der Waals surface area contributed by atoms with E-state index in [1.165, 1.54) is 0 Å². The van der Waals surface area contributed by atoms with Crippen LogP contribution < -0.4 is 5.32 Å². The maximum Gasteiger partial charge on any atom is 0.163 e. The predicted octanol–water partition coefficient (Wildman–Crippen LogP) is 4.51. The van der Waals surface area contributed by atoms with Gasteiger partial charge in [-0.05, 0) is 38.1 Å². The number of hydrogen-bond acceptors (Lipinski definition) is 5. The Labute approximate surface area is 145 Å². The minimum absolute atomic E-state index is 0.568. The first kappa shape index (κ1) is 15.3. The van der Waals surface area contributed by atoms with Crippen molar-refractivity contribution < 1.29 is 4.42 Å². The Balaban J connectivity index is 1.62. The van der Waals surface area contributed by atoms with Gasteiger partial charge in [0.05, 0.1) is 6.54 Å². The molecule has 0 radical (unpaired) electrons. The molecule has 3 heterocycles. The standard InChI is InChI=1S/C20H18N4O/c1-13-14(2)23-20(16-7-5-9-21-11-16)24-19(13)22-12-17-10-15-6-3-4-8-18(15)25-17/h3-11H,12H2,1-2H3,(H,22,23,24). The number of benzene rings is 1. The van der Waals surface area contributed by atoms with Crippen molar-refractivity contribution in [3.05, 3.63) is 71.9 Å². The van der Waals surface area contributed by atoms with Crippen LogP contribution in [0.4, 0.5) is 5.82 Å². The van der Waals surface area contributed by atoms with Gasteiger partial charge in [0.25, 0.3) is 0 Å². The number of nitrogens with zero attached hydrogens (tertiary/aromatic N) is 3. The molecule has 0 unspecified atom stereocenters. The highest BCUT2D eigenvalue weighted by atomic mass is 16.3. The minimum atomic E-state index is 0.568. The van der Waals surface area contributed by atoms with E-state index >= 15 is 0 Å². The number of nitrogens with one attached hydrogen (secondary N) is 1. The molecule has 1 aromatic carbocycles. The molecule has 1 N–H and O–H groups in total. The monoisotopic (exact) mass is 330 g/mol. The molecular weight excluding hydrogens is 312 g/mol. The number of para-hydroxylation sites is 1. The topological polar surface area (TPSA) is 63.8 Å². The molecule has 25 heavy (non-hydrogen) atoms. The van der Waals surface area contributed by atoms with Gasteiger partial charge in [0.15, 0.2) is 5.82 Å². The van der Waals surface area contributed by atoms with E-state index in [0.717, 1.165) is 39.4 Å². The average molecular weight is 330 g/mol. The molecule has 0 spiro atoms. The number of aromatic nitrogens is 3. The van der Waals surface area contributed by atoms with Gasteiger partial charge in [-0.1, -0.05) is 18.2 Å². The number of furan rings is 1. The molecular formula is C20H18N4O. The number of anilines is 1. The molecule has 0 amide bonds. The van der Waals surface area contributed by atoms with Gasteiger partial charge >= 0.3 is 0 Å². The molecule has 0 bridgehead atoms. The van der Waals surface area contributed by atoms with Gasteiger partial charge < -0.3 is 9.73 Å². The molecule has 0 atom stereocenters. The van der Waals surface area contributed by atoms with Crippen molar-refractivity contribution in [2.75, 3.05) is 5.32 Å². The summed E-state index contributed by atoms with van der Waals surface area (Å²) in [7, 11) is 0. The lowest BCUT2D eigenvalue weighted by Crippen LogP contribution is -2.06. The molecule has 0 fully saturated rings. The summed E-state index contributed by atoms with van der Waals surface area (Å²) in [6.45, 7) is 4.57. The van der Waals surface area contributed by atoms with Gasteiger partial charge in [-0.25, -0.2) is 9.97 Å². The van der Waals surface area contributed by atoms with Gasteiger partial charge in [0, 0.05) is 34.6 Å². The summed E-state index contributed by atoms with van der Waals surface area (Å²) in [4.78, 5) is 13.4. The molecule has 0 aliphatic rings. The van der Waals surface area contributed by atoms with Crippen LogP contribution in [0.1, 0.15) is 17.0 Å². The highest BCUT2D eigenvalue weighted by molar-refractivity contribution is 5.77. The van der Waals surface area contributed by atoms with Crippen LogP contribution in [0.2, 0.25) is 0 Å². The van der Waals surface area contributed by atoms with Gasteiger partial charge in [0.1, 0.15) is 17.2 Å². The quantitative estimate of drug-likeness (QED) is 0.596. The van der Waals surface area contributed by atoms with Crippen molar-refractivity contribution >= 4 is 16.8 Å². The zero-order valence-electron chi connectivity index (χ0n) is 14.2. The fourth-order valence-corrected chi connectivity index (χ4v) is 2.72. The minimum Gasteiger partial charge on any atom is -0.459 e. The van der Waals surface area contributed by atoms with Crippen molar-refractivity contribution in [2.45, 2.75) is 20.4 Å². The molecule has 0 aliphatic carbocycles. The van der Waals surface area contributed by atoms with Crippen LogP contribution >= 0.6 is 0 Å². The molecule has 5 heteroatoms. The molecule has 4 rings (SSSR count). The molecule has 124 valence electrons. The van der Waals surface area contributed by atoms with E-state index in [9.17, 15) is 0 Å². The number of rotatable bonds is 4. The van der Waals surface area contributed by atoms with Gasteiger partial charge in [-0.3, -0.25) is 4.98 Å². The van der Waals surface area contributed by atoms with E-state index in [1.54, 1.807) is 12.4 Å². The number of aryl methyl sites for hydroxylation is 1. The Morgan fingerprint density at radius 2 is 1.92 bits per heavy atom. The van der Waals surface area contributed by atoms with E-state index in [2.05, 4.69) is 20.3 Å². The summed E-state index contributed by atoms with van der Waals surface area (Å²) in [5.41, 5.74) is 3.77. The summed E-state index contributed by atoms with van der Waals surface area (Å²) < 4.78 is 5.86. The summed E-state index contributed by atoms with van der Waals surface area (Å²) in [6.07, 6.45) is 3.51. The lowest BCUT2D eigenvalue weighted by molar-refractivity contribution is 0.559. The fourth-order valence-electron chi connectivity index (χ4n) is 2.72. The summed E-state index contributed by atoms with van der Waals surface area (Å²) in [5.74, 6) is 2.36. The Morgan fingerprint density at radius 1 is 1.04 bits per heavy atom. The zero-order chi connectivity index (χ0) is 17.2. The Hall–Kier alpha value is -3.21. The van der Waals surface area contributed by atoms with Crippen molar-refractivity contribution in [1.29, 1.82) is 0 Å². The van der Waals surface area contributed by atoms with Crippen molar-refractivity contribution in [3.63, 3.8) is 0 Å². The number of fused-ring (bicyclic) bond motifs is 1. The van der Waals surface area contributed by atoms with Crippen LogP contribution in [0.5, 0.6) is 0 Å².